The van der Waals surface area contributed by atoms with E-state index in [9.17, 15) is 4.79 Å². The van der Waals surface area contributed by atoms with Gasteiger partial charge in [0.25, 0.3) is 0 Å². The van der Waals surface area contributed by atoms with Crippen molar-refractivity contribution in [1.82, 2.24) is 19.7 Å². The predicted octanol–water partition coefficient (Wildman–Crippen LogP) is 5.78. The number of carbonyl (C=O) groups is 1. The molecule has 2 heterocycles. The first-order valence-electron chi connectivity index (χ1n) is 9.32. The molecule has 6 nitrogen and oxygen atoms in total. The number of halogens is 2. The molecule has 4 rings (SSSR count). The average Bonchev–Trinajstić information content (AvgIpc) is 3.20. The van der Waals surface area contributed by atoms with E-state index in [4.69, 9.17) is 11.6 Å². The molecule has 0 bridgehead atoms. The zero-order valence-corrected chi connectivity index (χ0v) is 19.6. The topological polar surface area (TPSA) is 72.7 Å². The molecule has 2 aromatic carbocycles. The van der Waals surface area contributed by atoms with Crippen LogP contribution in [0.3, 0.4) is 0 Å². The number of pyridine rings is 1. The van der Waals surface area contributed by atoms with Gasteiger partial charge in [0.1, 0.15) is 0 Å². The first kappa shape index (κ1) is 21.5. The largest absolute Gasteiger partial charge is 0.325 e. The molecule has 9 heteroatoms. The molecule has 1 N–H and O–H groups in total. The molecule has 0 atom stereocenters. The van der Waals surface area contributed by atoms with Crippen LogP contribution in [0.1, 0.15) is 5.56 Å². The molecule has 156 valence electrons. The lowest BCUT2D eigenvalue weighted by Gasteiger charge is -2.11. The number of nitrogens with zero attached hydrogens (tertiary/aromatic N) is 4. The van der Waals surface area contributed by atoms with E-state index in [-0.39, 0.29) is 11.7 Å². The normalized spacial score (nSPS) is 10.8. The van der Waals surface area contributed by atoms with Crippen molar-refractivity contribution in [3.63, 3.8) is 0 Å². The van der Waals surface area contributed by atoms with E-state index in [1.807, 2.05) is 54.0 Å². The third kappa shape index (κ3) is 5.15. The van der Waals surface area contributed by atoms with Crippen molar-refractivity contribution in [3.8, 4) is 17.1 Å². The Balaban J connectivity index is 1.59. The number of nitrogens with one attached hydrogen (secondary N) is 1. The summed E-state index contributed by atoms with van der Waals surface area (Å²) in [5.41, 5.74) is 3.43. The van der Waals surface area contributed by atoms with Gasteiger partial charge in [-0.2, -0.15) is 0 Å². The van der Waals surface area contributed by atoms with Gasteiger partial charge in [-0.15, -0.1) is 10.2 Å². The lowest BCUT2D eigenvalue weighted by molar-refractivity contribution is -0.113. The Morgan fingerprint density at radius 3 is 2.58 bits per heavy atom. The Hall–Kier alpha value is -2.68. The van der Waals surface area contributed by atoms with Crippen LogP contribution in [-0.2, 0) is 4.79 Å². The lowest BCUT2D eigenvalue weighted by Crippen LogP contribution is -2.15. The average molecular weight is 515 g/mol. The number of hydrogen-bond donors (Lipinski definition) is 1. The standard InChI is InChI=1S/C22H17BrClN5OS/c1-14-2-5-17(24)12-19(14)26-20(30)13-31-22-28-27-21(15-8-10-25-11-9-15)29(22)18-6-3-16(23)4-7-18/h2-12H,13H2,1H3,(H,26,30). The van der Waals surface area contributed by atoms with E-state index in [0.717, 1.165) is 21.3 Å². The molecular weight excluding hydrogens is 498 g/mol. The summed E-state index contributed by atoms with van der Waals surface area (Å²) in [6, 6.07) is 17.0. The molecule has 0 saturated heterocycles. The summed E-state index contributed by atoms with van der Waals surface area (Å²) >= 11 is 10.8. The van der Waals surface area contributed by atoms with Crippen molar-refractivity contribution in [1.29, 1.82) is 0 Å². The van der Waals surface area contributed by atoms with Crippen LogP contribution in [0.25, 0.3) is 17.1 Å². The minimum absolute atomic E-state index is 0.147. The first-order valence-corrected chi connectivity index (χ1v) is 11.5. The van der Waals surface area contributed by atoms with Crippen LogP contribution < -0.4 is 5.32 Å². The third-order valence-corrected chi connectivity index (χ3v) is 6.16. The molecular formula is C22H17BrClN5OS. The Morgan fingerprint density at radius 1 is 1.10 bits per heavy atom. The number of aryl methyl sites for hydroxylation is 1. The molecule has 0 fully saturated rings. The molecule has 31 heavy (non-hydrogen) atoms. The molecule has 0 aliphatic carbocycles. The fraction of sp³-hybridized carbons (Fsp3) is 0.0909. The van der Waals surface area contributed by atoms with Gasteiger partial charge in [0.05, 0.1) is 5.75 Å². The Kier molecular flexibility index (Phi) is 6.70. The van der Waals surface area contributed by atoms with Gasteiger partial charge in [0.2, 0.25) is 5.91 Å². The summed E-state index contributed by atoms with van der Waals surface area (Å²) in [6.45, 7) is 1.92. The van der Waals surface area contributed by atoms with E-state index in [2.05, 4.69) is 36.4 Å². The number of amides is 1. The second kappa shape index (κ2) is 9.64. The van der Waals surface area contributed by atoms with Crippen molar-refractivity contribution in [3.05, 3.63) is 82.0 Å². The van der Waals surface area contributed by atoms with Crippen molar-refractivity contribution >= 4 is 50.9 Å². The molecule has 0 spiro atoms. The maximum absolute atomic E-state index is 12.6. The zero-order valence-electron chi connectivity index (χ0n) is 16.4. The van der Waals surface area contributed by atoms with E-state index in [1.165, 1.54) is 11.8 Å². The van der Waals surface area contributed by atoms with Gasteiger partial charge in [-0.25, -0.2) is 0 Å². The zero-order chi connectivity index (χ0) is 21.8. The van der Waals surface area contributed by atoms with Gasteiger partial charge >= 0.3 is 0 Å². The molecule has 0 aliphatic heterocycles. The van der Waals surface area contributed by atoms with Gasteiger partial charge in [0, 0.05) is 38.8 Å². The fourth-order valence-electron chi connectivity index (χ4n) is 2.92. The quantitative estimate of drug-likeness (QED) is 0.330. The summed E-state index contributed by atoms with van der Waals surface area (Å²) in [6.07, 6.45) is 3.42. The van der Waals surface area contributed by atoms with Crippen LogP contribution in [0, 0.1) is 6.92 Å². The van der Waals surface area contributed by atoms with Crippen LogP contribution in [0.4, 0.5) is 5.69 Å². The second-order valence-corrected chi connectivity index (χ2v) is 8.94. The molecule has 4 aromatic rings. The van der Waals surface area contributed by atoms with E-state index < -0.39 is 0 Å². The smallest absolute Gasteiger partial charge is 0.234 e. The van der Waals surface area contributed by atoms with Crippen molar-refractivity contribution in [2.75, 3.05) is 11.1 Å². The van der Waals surface area contributed by atoms with Crippen molar-refractivity contribution in [2.24, 2.45) is 0 Å². The number of anilines is 1. The minimum Gasteiger partial charge on any atom is -0.325 e. The molecule has 1 amide bonds. The highest BCUT2D eigenvalue weighted by Crippen LogP contribution is 2.29. The highest BCUT2D eigenvalue weighted by Gasteiger charge is 2.17. The van der Waals surface area contributed by atoms with Gasteiger partial charge in [-0.1, -0.05) is 45.4 Å². The SMILES string of the molecule is Cc1ccc(Cl)cc1NC(=O)CSc1nnc(-c2ccncc2)n1-c1ccc(Br)cc1. The number of thioether (sulfide) groups is 1. The van der Waals surface area contributed by atoms with Gasteiger partial charge in [-0.3, -0.25) is 14.3 Å². The molecule has 0 radical (unpaired) electrons. The number of benzene rings is 2. The van der Waals surface area contributed by atoms with Crippen molar-refractivity contribution in [2.45, 2.75) is 12.1 Å². The number of aromatic nitrogens is 4. The summed E-state index contributed by atoms with van der Waals surface area (Å²) in [5.74, 6) is 0.709. The van der Waals surface area contributed by atoms with Gasteiger partial charge < -0.3 is 5.32 Å². The molecule has 0 saturated carbocycles. The molecule has 0 aliphatic rings. The Morgan fingerprint density at radius 2 is 1.84 bits per heavy atom. The number of hydrogen-bond acceptors (Lipinski definition) is 5. The molecule has 2 aromatic heterocycles. The van der Waals surface area contributed by atoms with Crippen LogP contribution in [0.5, 0.6) is 0 Å². The van der Waals surface area contributed by atoms with E-state index >= 15 is 0 Å². The summed E-state index contributed by atoms with van der Waals surface area (Å²) in [5, 5.41) is 12.8. The third-order valence-electron chi connectivity index (χ3n) is 4.46. The summed E-state index contributed by atoms with van der Waals surface area (Å²) in [7, 11) is 0. The maximum atomic E-state index is 12.6. The Bertz CT molecular complexity index is 1210. The maximum Gasteiger partial charge on any atom is 0.234 e. The summed E-state index contributed by atoms with van der Waals surface area (Å²) in [4.78, 5) is 16.6. The van der Waals surface area contributed by atoms with Gasteiger partial charge in [-0.05, 0) is 61.0 Å². The predicted molar refractivity (Wildman–Crippen MR) is 128 cm³/mol. The first-order chi connectivity index (χ1) is 15.0. The van der Waals surface area contributed by atoms with Crippen LogP contribution in [0.15, 0.2) is 76.6 Å². The highest BCUT2D eigenvalue weighted by molar-refractivity contribution is 9.10. The number of rotatable bonds is 6. The number of carbonyl (C=O) groups excluding carboxylic acids is 1. The lowest BCUT2D eigenvalue weighted by atomic mass is 10.2. The van der Waals surface area contributed by atoms with E-state index in [0.29, 0.717) is 21.7 Å². The monoisotopic (exact) mass is 513 g/mol. The van der Waals surface area contributed by atoms with E-state index in [1.54, 1.807) is 24.5 Å². The Labute approximate surface area is 197 Å². The minimum atomic E-state index is -0.147. The van der Waals surface area contributed by atoms with Gasteiger partial charge in [0.15, 0.2) is 11.0 Å². The second-order valence-electron chi connectivity index (χ2n) is 6.65. The van der Waals surface area contributed by atoms with Crippen LogP contribution in [0.2, 0.25) is 5.02 Å². The molecule has 0 unspecified atom stereocenters. The van der Waals surface area contributed by atoms with Crippen LogP contribution in [-0.4, -0.2) is 31.4 Å². The highest BCUT2D eigenvalue weighted by atomic mass is 79.9. The van der Waals surface area contributed by atoms with Crippen molar-refractivity contribution < 1.29 is 4.79 Å². The summed E-state index contributed by atoms with van der Waals surface area (Å²) < 4.78 is 2.91. The van der Waals surface area contributed by atoms with Crippen LogP contribution >= 0.6 is 39.3 Å². The fourth-order valence-corrected chi connectivity index (χ4v) is 4.11.